The van der Waals surface area contributed by atoms with E-state index in [1.807, 2.05) is 17.5 Å². The molecule has 19 heavy (non-hydrogen) atoms. The monoisotopic (exact) mass is 282 g/mol. The lowest BCUT2D eigenvalue weighted by atomic mass is 9.90. The Bertz CT molecular complexity index is 402. The number of nitrogens with zero attached hydrogens (tertiary/aromatic N) is 3. The lowest BCUT2D eigenvalue weighted by molar-refractivity contribution is 0.276. The highest BCUT2D eigenvalue weighted by molar-refractivity contribution is 7.15. The molecule has 1 saturated heterocycles. The van der Waals surface area contributed by atoms with Gasteiger partial charge >= 0.3 is 0 Å². The average molecular weight is 282 g/mol. The lowest BCUT2D eigenvalue weighted by Crippen LogP contribution is -2.30. The van der Waals surface area contributed by atoms with E-state index in [9.17, 15) is 0 Å². The fourth-order valence-electron chi connectivity index (χ4n) is 2.66. The second-order valence-electron chi connectivity index (χ2n) is 5.76. The van der Waals surface area contributed by atoms with Crippen molar-refractivity contribution in [1.82, 2.24) is 9.88 Å². The van der Waals surface area contributed by atoms with Gasteiger partial charge in [0.2, 0.25) is 0 Å². The fraction of sp³-hybridized carbons (Fsp3) is 0.786. The topological polar surface area (TPSA) is 45.4 Å². The summed E-state index contributed by atoms with van der Waals surface area (Å²) in [7, 11) is 0. The predicted molar refractivity (Wildman–Crippen MR) is 82.7 cm³/mol. The molecule has 2 N–H and O–H groups in total. The van der Waals surface area contributed by atoms with E-state index in [1.54, 1.807) is 0 Å². The first kappa shape index (κ1) is 14.8. The average Bonchev–Trinajstić information content (AvgIpc) is 3.00. The summed E-state index contributed by atoms with van der Waals surface area (Å²) in [6, 6.07) is 0. The largest absolute Gasteiger partial charge is 0.349 e. The van der Waals surface area contributed by atoms with Crippen molar-refractivity contribution in [3.63, 3.8) is 0 Å². The van der Waals surface area contributed by atoms with Crippen LogP contribution in [0.1, 0.15) is 32.1 Å². The third-order valence-corrected chi connectivity index (χ3v) is 5.13. The second-order valence-corrected chi connectivity index (χ2v) is 6.85. The Hall–Kier alpha value is -0.650. The zero-order valence-electron chi connectivity index (χ0n) is 12.4. The molecule has 0 spiro atoms. The van der Waals surface area contributed by atoms with E-state index in [0.717, 1.165) is 44.4 Å². The summed E-state index contributed by atoms with van der Waals surface area (Å²) in [5.41, 5.74) is 6.17. The van der Waals surface area contributed by atoms with Crippen molar-refractivity contribution in [3.8, 4) is 0 Å². The van der Waals surface area contributed by atoms with Crippen LogP contribution in [0.25, 0.3) is 0 Å². The van der Waals surface area contributed by atoms with Crippen molar-refractivity contribution in [1.29, 1.82) is 0 Å². The number of hydrogen-bond acceptors (Lipinski definition) is 5. The van der Waals surface area contributed by atoms with Crippen molar-refractivity contribution >= 4 is 16.5 Å². The van der Waals surface area contributed by atoms with Gasteiger partial charge in [0.05, 0.1) is 0 Å². The molecule has 1 fully saturated rings. The van der Waals surface area contributed by atoms with Gasteiger partial charge in [0.1, 0.15) is 0 Å². The van der Waals surface area contributed by atoms with Gasteiger partial charge in [-0.2, -0.15) is 0 Å². The van der Waals surface area contributed by atoms with E-state index < -0.39 is 0 Å². The van der Waals surface area contributed by atoms with Gasteiger partial charge in [-0.15, -0.1) is 11.3 Å². The van der Waals surface area contributed by atoms with Crippen LogP contribution in [-0.2, 0) is 6.54 Å². The summed E-state index contributed by atoms with van der Waals surface area (Å²) in [6.45, 7) is 12.8. The van der Waals surface area contributed by atoms with Crippen LogP contribution in [0.5, 0.6) is 0 Å². The highest BCUT2D eigenvalue weighted by Crippen LogP contribution is 2.31. The normalized spacial score (nSPS) is 24.0. The molecule has 1 aliphatic heterocycles. The number of aromatic nitrogens is 1. The van der Waals surface area contributed by atoms with Gasteiger partial charge < -0.3 is 10.6 Å². The van der Waals surface area contributed by atoms with E-state index >= 15 is 0 Å². The fourth-order valence-corrected chi connectivity index (χ4v) is 3.74. The summed E-state index contributed by atoms with van der Waals surface area (Å²) >= 11 is 1.83. The Kier molecular flexibility index (Phi) is 4.81. The molecule has 108 valence electrons. The summed E-state index contributed by atoms with van der Waals surface area (Å²) in [6.07, 6.45) is 3.25. The SMILES string of the molecule is CCN(CC)c1ncc(CN2CCC(C)(CN)C2)s1. The zero-order chi connectivity index (χ0) is 13.9. The van der Waals surface area contributed by atoms with Gasteiger partial charge in [0.25, 0.3) is 0 Å². The van der Waals surface area contributed by atoms with Gasteiger partial charge in [0.15, 0.2) is 5.13 Å². The number of rotatable bonds is 6. The van der Waals surface area contributed by atoms with Gasteiger partial charge in [-0.3, -0.25) is 4.90 Å². The van der Waals surface area contributed by atoms with Crippen molar-refractivity contribution < 1.29 is 0 Å². The smallest absolute Gasteiger partial charge is 0.185 e. The minimum absolute atomic E-state index is 0.312. The molecule has 1 unspecified atom stereocenters. The number of anilines is 1. The maximum Gasteiger partial charge on any atom is 0.185 e. The first-order chi connectivity index (χ1) is 9.10. The molecule has 0 saturated carbocycles. The molecule has 1 aliphatic rings. The number of likely N-dealkylation sites (tertiary alicyclic amines) is 1. The van der Waals surface area contributed by atoms with Crippen LogP contribution in [0.3, 0.4) is 0 Å². The first-order valence-corrected chi connectivity index (χ1v) is 8.04. The Morgan fingerprint density at radius 2 is 2.21 bits per heavy atom. The Morgan fingerprint density at radius 3 is 2.79 bits per heavy atom. The molecular weight excluding hydrogens is 256 g/mol. The molecule has 0 bridgehead atoms. The number of hydrogen-bond donors (Lipinski definition) is 1. The van der Waals surface area contributed by atoms with Crippen LogP contribution >= 0.6 is 11.3 Å². The maximum absolute atomic E-state index is 5.86. The van der Waals surface area contributed by atoms with Gasteiger partial charge in [-0.1, -0.05) is 6.92 Å². The van der Waals surface area contributed by atoms with Crippen LogP contribution in [0.4, 0.5) is 5.13 Å². The highest BCUT2D eigenvalue weighted by Gasteiger charge is 2.32. The summed E-state index contributed by atoms with van der Waals surface area (Å²) in [4.78, 5) is 10.7. The molecule has 0 aliphatic carbocycles. The van der Waals surface area contributed by atoms with E-state index in [2.05, 4.69) is 35.6 Å². The van der Waals surface area contributed by atoms with E-state index in [4.69, 9.17) is 5.73 Å². The molecule has 5 heteroatoms. The Balaban J connectivity index is 1.94. The number of thiazole rings is 1. The molecule has 1 aromatic rings. The highest BCUT2D eigenvalue weighted by atomic mass is 32.1. The third-order valence-electron chi connectivity index (χ3n) is 4.08. The maximum atomic E-state index is 5.86. The molecular formula is C14H26N4S. The minimum Gasteiger partial charge on any atom is -0.349 e. The quantitative estimate of drug-likeness (QED) is 0.868. The molecule has 4 nitrogen and oxygen atoms in total. The van der Waals surface area contributed by atoms with Crippen LogP contribution in [0, 0.1) is 5.41 Å². The first-order valence-electron chi connectivity index (χ1n) is 7.22. The molecule has 2 heterocycles. The van der Waals surface area contributed by atoms with Crippen LogP contribution in [0.15, 0.2) is 6.20 Å². The van der Waals surface area contributed by atoms with Gasteiger partial charge in [-0.05, 0) is 38.8 Å². The minimum atomic E-state index is 0.312. The molecule has 0 aromatic carbocycles. The summed E-state index contributed by atoms with van der Waals surface area (Å²) < 4.78 is 0. The molecule has 0 radical (unpaired) electrons. The van der Waals surface area contributed by atoms with Crippen LogP contribution < -0.4 is 10.6 Å². The van der Waals surface area contributed by atoms with Crippen molar-refractivity contribution in [2.45, 2.75) is 33.7 Å². The molecule has 1 aromatic heterocycles. The lowest BCUT2D eigenvalue weighted by Gasteiger charge is -2.22. The molecule has 0 amide bonds. The van der Waals surface area contributed by atoms with E-state index in [0.29, 0.717) is 5.41 Å². The van der Waals surface area contributed by atoms with Crippen LogP contribution in [0.2, 0.25) is 0 Å². The molecule has 1 atom stereocenters. The third kappa shape index (κ3) is 3.46. The zero-order valence-corrected chi connectivity index (χ0v) is 13.2. The van der Waals surface area contributed by atoms with E-state index in [-0.39, 0.29) is 0 Å². The van der Waals surface area contributed by atoms with Gasteiger partial charge in [-0.25, -0.2) is 4.98 Å². The molecule has 2 rings (SSSR count). The van der Waals surface area contributed by atoms with Crippen LogP contribution in [-0.4, -0.2) is 42.6 Å². The van der Waals surface area contributed by atoms with Crippen molar-refractivity contribution in [3.05, 3.63) is 11.1 Å². The van der Waals surface area contributed by atoms with Crippen molar-refractivity contribution in [2.24, 2.45) is 11.1 Å². The summed E-state index contributed by atoms with van der Waals surface area (Å²) in [5.74, 6) is 0. The second kappa shape index (κ2) is 6.20. The van der Waals surface area contributed by atoms with Gasteiger partial charge in [0, 0.05) is 37.3 Å². The summed E-state index contributed by atoms with van der Waals surface area (Å²) in [5, 5.41) is 1.15. The Morgan fingerprint density at radius 1 is 1.47 bits per heavy atom. The Labute approximate surface area is 120 Å². The number of nitrogens with two attached hydrogens (primary N) is 1. The predicted octanol–water partition coefficient (Wildman–Crippen LogP) is 2.16. The standard InChI is InChI=1S/C14H26N4S/c1-4-18(5-2)13-16-8-12(19-13)9-17-7-6-14(3,10-15)11-17/h8H,4-7,9-11,15H2,1-3H3. The van der Waals surface area contributed by atoms with E-state index in [1.165, 1.54) is 11.3 Å². The van der Waals surface area contributed by atoms with Crippen molar-refractivity contribution in [2.75, 3.05) is 37.6 Å².